The summed E-state index contributed by atoms with van der Waals surface area (Å²) in [7, 11) is 0. The summed E-state index contributed by atoms with van der Waals surface area (Å²) >= 11 is 0. The van der Waals surface area contributed by atoms with Crippen LogP contribution in [0.4, 0.5) is 0 Å². The second-order valence-corrected chi connectivity index (χ2v) is 14.9. The first-order chi connectivity index (χ1) is 26.8. The number of primary amides is 1. The quantitative estimate of drug-likeness (QED) is 0.0706. The monoisotopic (exact) mass is 798 g/mol. The van der Waals surface area contributed by atoms with E-state index in [1.165, 1.54) is 13.8 Å². The number of nitrogens with one attached hydrogen (secondary N) is 7. The number of hydrogen-bond acceptors (Lipinski definition) is 9. The Morgan fingerprint density at radius 2 is 1.19 bits per heavy atom. The summed E-state index contributed by atoms with van der Waals surface area (Å²) in [6.45, 7) is 9.07. The first-order valence-corrected chi connectivity index (χ1v) is 19.1. The van der Waals surface area contributed by atoms with Crippen LogP contribution < -0.4 is 43.0 Å². The summed E-state index contributed by atoms with van der Waals surface area (Å²) in [6, 6.07) is 2.13. The Bertz CT molecular complexity index is 1630. The largest absolute Gasteiger partial charge is 0.480 e. The van der Waals surface area contributed by atoms with Gasteiger partial charge in [-0.2, -0.15) is 0 Å². The van der Waals surface area contributed by atoms with Gasteiger partial charge in [0.2, 0.25) is 47.3 Å². The fourth-order valence-electron chi connectivity index (χ4n) is 6.15. The summed E-state index contributed by atoms with van der Waals surface area (Å²) in [5.41, 5.74) is 6.15. The molecule has 0 aromatic heterocycles. The predicted molar refractivity (Wildman–Crippen MR) is 208 cm³/mol. The van der Waals surface area contributed by atoms with E-state index in [1.807, 2.05) is 0 Å². The molecule has 1 aromatic carbocycles. The number of hydrogen-bond donors (Lipinski definition) is 9. The number of benzene rings is 1. The van der Waals surface area contributed by atoms with Gasteiger partial charge in [-0.25, -0.2) is 4.79 Å². The number of amides is 8. The molecule has 1 fully saturated rings. The molecular formula is C39H58N8O10. The second-order valence-electron chi connectivity index (χ2n) is 14.9. The number of carboxylic acid groups (broad SMARTS) is 1. The van der Waals surface area contributed by atoms with Gasteiger partial charge in [-0.1, -0.05) is 77.3 Å². The second kappa shape index (κ2) is 23.3. The summed E-state index contributed by atoms with van der Waals surface area (Å²) in [5, 5.41) is 27.0. The minimum Gasteiger partial charge on any atom is -0.480 e. The molecular weight excluding hydrogens is 740 g/mol. The summed E-state index contributed by atoms with van der Waals surface area (Å²) in [4.78, 5) is 114. The van der Waals surface area contributed by atoms with Crippen molar-refractivity contribution in [2.45, 2.75) is 116 Å². The molecule has 314 valence electrons. The maximum absolute atomic E-state index is 13.7. The van der Waals surface area contributed by atoms with Crippen molar-refractivity contribution in [3.63, 3.8) is 0 Å². The van der Waals surface area contributed by atoms with E-state index in [1.54, 1.807) is 58.0 Å². The molecule has 2 rings (SSSR count). The van der Waals surface area contributed by atoms with E-state index in [0.29, 0.717) is 18.4 Å². The number of nitrogens with two attached hydrogens (primary N) is 1. The van der Waals surface area contributed by atoms with Crippen molar-refractivity contribution in [3.8, 4) is 0 Å². The van der Waals surface area contributed by atoms with Crippen LogP contribution in [-0.4, -0.2) is 101 Å². The molecule has 6 atom stereocenters. The van der Waals surface area contributed by atoms with Gasteiger partial charge in [0.15, 0.2) is 0 Å². The van der Waals surface area contributed by atoms with E-state index in [2.05, 4.69) is 37.2 Å². The van der Waals surface area contributed by atoms with Gasteiger partial charge in [0.25, 0.3) is 0 Å². The molecule has 18 heteroatoms. The maximum atomic E-state index is 13.7. The molecule has 0 radical (unpaired) electrons. The number of carbonyl (C=O) groups is 9. The highest BCUT2D eigenvalue weighted by atomic mass is 16.4. The van der Waals surface area contributed by atoms with Crippen molar-refractivity contribution in [1.29, 1.82) is 0 Å². The van der Waals surface area contributed by atoms with Crippen molar-refractivity contribution < 1.29 is 48.3 Å². The van der Waals surface area contributed by atoms with E-state index in [4.69, 9.17) is 5.73 Å². The first kappa shape index (κ1) is 47.3. The average Bonchev–Trinajstić information content (AvgIpc) is 3.15. The third-order valence-electron chi connectivity index (χ3n) is 9.45. The SMILES string of the molecule is CC(C)[C@H](NC(=O)[C@@H](NC(=O)[C@@H](NC(=O)[C@H](C)NC(=O)/C=C/C(=O)N[C@@H](C)C(=O)NCC(=O)N[C@@H](Cc1ccccc1)C(=O)O)C1CCCCC1)C(C)C)C(N)=O. The van der Waals surface area contributed by atoms with Gasteiger partial charge in [-0.15, -0.1) is 0 Å². The number of aliphatic carboxylic acids is 1. The van der Waals surface area contributed by atoms with Crippen LogP contribution >= 0.6 is 0 Å². The Labute approximate surface area is 332 Å². The van der Waals surface area contributed by atoms with Crippen LogP contribution in [0.3, 0.4) is 0 Å². The zero-order chi connectivity index (χ0) is 42.8. The van der Waals surface area contributed by atoms with Gasteiger partial charge in [0.05, 0.1) is 6.54 Å². The van der Waals surface area contributed by atoms with Gasteiger partial charge >= 0.3 is 5.97 Å². The van der Waals surface area contributed by atoms with Crippen LogP contribution in [0.2, 0.25) is 0 Å². The van der Waals surface area contributed by atoms with Crippen molar-refractivity contribution in [2.75, 3.05) is 6.54 Å². The lowest BCUT2D eigenvalue weighted by atomic mass is 9.83. The lowest BCUT2D eigenvalue weighted by molar-refractivity contribution is -0.141. The van der Waals surface area contributed by atoms with Crippen molar-refractivity contribution in [2.24, 2.45) is 23.5 Å². The minimum absolute atomic E-state index is 0.0325. The van der Waals surface area contributed by atoms with Gasteiger partial charge < -0.3 is 48.1 Å². The molecule has 0 bridgehead atoms. The van der Waals surface area contributed by atoms with Crippen LogP contribution in [0.1, 0.15) is 79.2 Å². The Kier molecular flexibility index (Phi) is 19.4. The normalized spacial score (nSPS) is 16.2. The smallest absolute Gasteiger partial charge is 0.326 e. The lowest BCUT2D eigenvalue weighted by Gasteiger charge is -2.33. The highest BCUT2D eigenvalue weighted by Gasteiger charge is 2.36. The molecule has 1 saturated carbocycles. The minimum atomic E-state index is -1.25. The third kappa shape index (κ3) is 16.4. The van der Waals surface area contributed by atoms with E-state index >= 15 is 0 Å². The van der Waals surface area contributed by atoms with Crippen molar-refractivity contribution in [3.05, 3.63) is 48.0 Å². The zero-order valence-corrected chi connectivity index (χ0v) is 33.4. The number of rotatable bonds is 21. The molecule has 10 N–H and O–H groups in total. The molecule has 0 heterocycles. The molecule has 1 aromatic rings. The van der Waals surface area contributed by atoms with Crippen molar-refractivity contribution >= 4 is 53.2 Å². The summed E-state index contributed by atoms with van der Waals surface area (Å²) in [6.07, 6.45) is 5.67. The van der Waals surface area contributed by atoms with Crippen LogP contribution in [0.5, 0.6) is 0 Å². The Balaban J connectivity index is 1.94. The molecule has 57 heavy (non-hydrogen) atoms. The predicted octanol–water partition coefficient (Wildman–Crippen LogP) is -0.688. The first-order valence-electron chi connectivity index (χ1n) is 19.1. The number of carboxylic acids is 1. The Morgan fingerprint density at radius 3 is 1.70 bits per heavy atom. The lowest BCUT2D eigenvalue weighted by Crippen LogP contribution is -2.61. The average molecular weight is 799 g/mol. The van der Waals surface area contributed by atoms with Gasteiger partial charge in [-0.3, -0.25) is 38.4 Å². The van der Waals surface area contributed by atoms with Crippen LogP contribution in [0.15, 0.2) is 42.5 Å². The highest BCUT2D eigenvalue weighted by Crippen LogP contribution is 2.27. The molecule has 0 unspecified atom stereocenters. The van der Waals surface area contributed by atoms with Crippen molar-refractivity contribution in [1.82, 2.24) is 37.2 Å². The standard InChI is InChI=1S/C39H58N8O10/c1-21(2)31(34(40)51)45-37(54)32(22(3)4)46-38(55)33(26-15-11-8-12-16-26)47-36(53)24(6)43-29(49)18-17-28(48)42-23(5)35(52)41-20-30(50)44-27(39(56)57)19-25-13-9-7-10-14-25/h7,9-10,13-14,17-18,21-24,26-27,31-33H,8,11-12,15-16,19-20H2,1-6H3,(H2,40,51)(H,41,52)(H,42,48)(H,43,49)(H,44,50)(H,45,54)(H,46,55)(H,47,53)(H,56,57)/b18-17+/t23-,24-,27-,31-,32-,33-/m0/s1. The molecule has 1 aliphatic rings. The molecule has 8 amide bonds. The molecule has 0 aliphatic heterocycles. The van der Waals surface area contributed by atoms with Crippen LogP contribution in [0.25, 0.3) is 0 Å². The molecule has 18 nitrogen and oxygen atoms in total. The fourth-order valence-corrected chi connectivity index (χ4v) is 6.15. The summed E-state index contributed by atoms with van der Waals surface area (Å²) in [5.74, 6) is -7.92. The van der Waals surface area contributed by atoms with E-state index in [9.17, 15) is 48.3 Å². The van der Waals surface area contributed by atoms with Crippen LogP contribution in [0, 0.1) is 17.8 Å². The topological polar surface area (TPSA) is 284 Å². The molecule has 0 spiro atoms. The van der Waals surface area contributed by atoms with Gasteiger partial charge in [0, 0.05) is 18.6 Å². The summed E-state index contributed by atoms with van der Waals surface area (Å²) < 4.78 is 0. The third-order valence-corrected chi connectivity index (χ3v) is 9.45. The number of carbonyl (C=O) groups excluding carboxylic acids is 8. The van der Waals surface area contributed by atoms with Gasteiger partial charge in [-0.05, 0) is 50.0 Å². The maximum Gasteiger partial charge on any atom is 0.326 e. The van der Waals surface area contributed by atoms with E-state index < -0.39 is 96.0 Å². The van der Waals surface area contributed by atoms with E-state index in [0.717, 1.165) is 31.4 Å². The fraction of sp³-hybridized carbons (Fsp3) is 0.564. The molecule has 1 aliphatic carbocycles. The molecule has 0 saturated heterocycles. The highest BCUT2D eigenvalue weighted by molar-refractivity contribution is 6.01. The Hall–Kier alpha value is -5.81. The Morgan fingerprint density at radius 1 is 0.667 bits per heavy atom. The zero-order valence-electron chi connectivity index (χ0n) is 33.4. The van der Waals surface area contributed by atoms with E-state index in [-0.39, 0.29) is 24.2 Å². The van der Waals surface area contributed by atoms with Gasteiger partial charge in [0.1, 0.15) is 36.3 Å². The van der Waals surface area contributed by atoms with Crippen LogP contribution in [-0.2, 0) is 49.6 Å².